The molecule has 0 aliphatic heterocycles. The number of hydrogen-bond acceptors (Lipinski definition) is 3. The first-order valence-electron chi connectivity index (χ1n) is 7.75. The van der Waals surface area contributed by atoms with E-state index < -0.39 is 0 Å². The van der Waals surface area contributed by atoms with Crippen molar-refractivity contribution in [3.63, 3.8) is 0 Å². The molecule has 0 aromatic heterocycles. The molecule has 0 fully saturated rings. The molecule has 0 unspecified atom stereocenters. The van der Waals surface area contributed by atoms with Gasteiger partial charge in [0.25, 0.3) is 0 Å². The minimum absolute atomic E-state index is 0.214. The molecule has 1 N–H and O–H groups in total. The number of phenolic OH excluding ortho intramolecular Hbond substituents is 1. The van der Waals surface area contributed by atoms with Crippen molar-refractivity contribution in [1.29, 1.82) is 0 Å². The fraction of sp³-hybridized carbons (Fsp3) is 0.316. The second kappa shape index (κ2) is 8.27. The van der Waals surface area contributed by atoms with Gasteiger partial charge in [0, 0.05) is 16.3 Å². The number of nitrogens with zero attached hydrogens (tertiary/aromatic N) is 2. The quantitative estimate of drug-likeness (QED) is 0.758. The van der Waals surface area contributed by atoms with Gasteiger partial charge in [0.1, 0.15) is 5.75 Å². The van der Waals surface area contributed by atoms with Gasteiger partial charge >= 0.3 is 0 Å². The maximum atomic E-state index is 9.86. The van der Waals surface area contributed by atoms with E-state index in [1.54, 1.807) is 12.3 Å². The Morgan fingerprint density at radius 2 is 1.87 bits per heavy atom. The fourth-order valence-electron chi connectivity index (χ4n) is 2.42. The van der Waals surface area contributed by atoms with Crippen LogP contribution in [-0.2, 0) is 6.42 Å². The van der Waals surface area contributed by atoms with E-state index in [0.29, 0.717) is 6.54 Å². The first kappa shape index (κ1) is 17.7. The summed E-state index contributed by atoms with van der Waals surface area (Å²) in [5.41, 5.74) is 3.31. The Bertz CT molecular complexity index is 666. The van der Waals surface area contributed by atoms with Crippen LogP contribution in [0.5, 0.6) is 5.75 Å². The number of aliphatic imine (C=N–C) groups is 1. The SMILES string of the molecule is CCc1ccc([C@@H](CN=Cc2cc(Br)ccc2O)N(C)C)cc1. The lowest BCUT2D eigenvalue weighted by Gasteiger charge is -2.23. The summed E-state index contributed by atoms with van der Waals surface area (Å²) in [6.45, 7) is 2.80. The van der Waals surface area contributed by atoms with Gasteiger partial charge in [-0.05, 0) is 49.8 Å². The standard InChI is InChI=1S/C19H23BrN2O/c1-4-14-5-7-15(8-6-14)18(22(2)3)13-21-12-16-11-17(20)9-10-19(16)23/h5-12,18,23H,4,13H2,1-3H3/t18-/m1/s1. The van der Waals surface area contributed by atoms with Crippen molar-refractivity contribution in [3.8, 4) is 5.75 Å². The Morgan fingerprint density at radius 1 is 1.17 bits per heavy atom. The van der Waals surface area contributed by atoms with Crippen LogP contribution < -0.4 is 0 Å². The Labute approximate surface area is 146 Å². The Balaban J connectivity index is 2.13. The van der Waals surface area contributed by atoms with Crippen LogP contribution >= 0.6 is 15.9 Å². The molecule has 0 amide bonds. The summed E-state index contributed by atoms with van der Waals surface area (Å²) in [5, 5.41) is 9.86. The van der Waals surface area contributed by atoms with Crippen LogP contribution in [0.2, 0.25) is 0 Å². The maximum Gasteiger partial charge on any atom is 0.124 e. The molecule has 0 heterocycles. The predicted octanol–water partition coefficient (Wildman–Crippen LogP) is 4.44. The van der Waals surface area contributed by atoms with E-state index in [9.17, 15) is 5.11 Å². The van der Waals surface area contributed by atoms with Gasteiger partial charge in [-0.3, -0.25) is 4.99 Å². The van der Waals surface area contributed by atoms with Crippen LogP contribution in [0, 0.1) is 0 Å². The lowest BCUT2D eigenvalue weighted by molar-refractivity contribution is 0.307. The number of hydrogen-bond donors (Lipinski definition) is 1. The van der Waals surface area contributed by atoms with E-state index in [-0.39, 0.29) is 11.8 Å². The highest BCUT2D eigenvalue weighted by atomic mass is 79.9. The number of likely N-dealkylation sites (N-methyl/N-ethyl adjacent to an activating group) is 1. The summed E-state index contributed by atoms with van der Waals surface area (Å²) in [6, 6.07) is 14.3. The smallest absolute Gasteiger partial charge is 0.124 e. The van der Waals surface area contributed by atoms with Gasteiger partial charge in [-0.25, -0.2) is 0 Å². The molecule has 0 spiro atoms. The van der Waals surface area contributed by atoms with Gasteiger partial charge in [0.15, 0.2) is 0 Å². The minimum Gasteiger partial charge on any atom is -0.507 e. The van der Waals surface area contributed by atoms with Crippen molar-refractivity contribution in [3.05, 3.63) is 63.6 Å². The highest BCUT2D eigenvalue weighted by Crippen LogP contribution is 2.22. The van der Waals surface area contributed by atoms with Crippen LogP contribution in [0.3, 0.4) is 0 Å². The summed E-state index contributed by atoms with van der Waals surface area (Å²) in [6.07, 6.45) is 2.78. The summed E-state index contributed by atoms with van der Waals surface area (Å²) in [7, 11) is 4.12. The number of aromatic hydroxyl groups is 1. The summed E-state index contributed by atoms with van der Waals surface area (Å²) >= 11 is 3.41. The average Bonchev–Trinajstić information content (AvgIpc) is 2.54. The van der Waals surface area contributed by atoms with E-state index in [1.165, 1.54) is 11.1 Å². The zero-order valence-corrected chi connectivity index (χ0v) is 15.4. The fourth-order valence-corrected chi connectivity index (χ4v) is 2.80. The molecular formula is C19H23BrN2O. The van der Waals surface area contributed by atoms with E-state index in [1.807, 2.05) is 12.1 Å². The molecule has 4 heteroatoms. The Morgan fingerprint density at radius 3 is 2.48 bits per heavy atom. The molecular weight excluding hydrogens is 352 g/mol. The largest absolute Gasteiger partial charge is 0.507 e. The average molecular weight is 375 g/mol. The normalized spacial score (nSPS) is 12.9. The lowest BCUT2D eigenvalue weighted by atomic mass is 10.0. The van der Waals surface area contributed by atoms with E-state index >= 15 is 0 Å². The van der Waals surface area contributed by atoms with Crippen molar-refractivity contribution in [2.75, 3.05) is 20.6 Å². The Kier molecular flexibility index (Phi) is 6.37. The molecule has 23 heavy (non-hydrogen) atoms. The number of halogens is 1. The number of benzene rings is 2. The van der Waals surface area contributed by atoms with E-state index in [4.69, 9.17) is 0 Å². The van der Waals surface area contributed by atoms with E-state index in [2.05, 4.69) is 71.1 Å². The van der Waals surface area contributed by atoms with Crippen molar-refractivity contribution in [1.82, 2.24) is 4.90 Å². The van der Waals surface area contributed by atoms with Gasteiger partial charge in [-0.2, -0.15) is 0 Å². The minimum atomic E-state index is 0.214. The summed E-state index contributed by atoms with van der Waals surface area (Å²) in [4.78, 5) is 6.70. The van der Waals surface area contributed by atoms with Crippen LogP contribution in [0.1, 0.15) is 29.7 Å². The molecule has 3 nitrogen and oxygen atoms in total. The second-order valence-electron chi connectivity index (χ2n) is 5.77. The molecule has 2 aromatic rings. The van der Waals surface area contributed by atoms with Crippen LogP contribution in [0.15, 0.2) is 51.9 Å². The molecule has 0 saturated carbocycles. The van der Waals surface area contributed by atoms with E-state index in [0.717, 1.165) is 16.5 Å². The zero-order chi connectivity index (χ0) is 16.8. The van der Waals surface area contributed by atoms with Gasteiger partial charge in [-0.1, -0.05) is 47.1 Å². The molecule has 0 aliphatic carbocycles. The van der Waals surface area contributed by atoms with Gasteiger partial charge in [0.2, 0.25) is 0 Å². The molecule has 0 saturated heterocycles. The molecule has 1 atom stereocenters. The van der Waals surface area contributed by atoms with Crippen LogP contribution in [0.4, 0.5) is 0 Å². The third-order valence-electron chi connectivity index (χ3n) is 3.89. The number of rotatable bonds is 6. The van der Waals surface area contributed by atoms with Crippen molar-refractivity contribution >= 4 is 22.1 Å². The van der Waals surface area contributed by atoms with Crippen LogP contribution in [0.25, 0.3) is 0 Å². The zero-order valence-electron chi connectivity index (χ0n) is 13.8. The van der Waals surface area contributed by atoms with Crippen LogP contribution in [-0.4, -0.2) is 36.9 Å². The first-order valence-corrected chi connectivity index (χ1v) is 8.54. The number of phenols is 1. The van der Waals surface area contributed by atoms with Crippen molar-refractivity contribution in [2.24, 2.45) is 4.99 Å². The van der Waals surface area contributed by atoms with Crippen molar-refractivity contribution < 1.29 is 5.11 Å². The van der Waals surface area contributed by atoms with Gasteiger partial charge in [0.05, 0.1) is 12.6 Å². The Hall–Kier alpha value is -1.65. The summed E-state index contributed by atoms with van der Waals surface area (Å²) < 4.78 is 0.927. The second-order valence-corrected chi connectivity index (χ2v) is 6.69. The maximum absolute atomic E-state index is 9.86. The molecule has 0 bridgehead atoms. The number of aryl methyl sites for hydroxylation is 1. The first-order chi connectivity index (χ1) is 11.0. The van der Waals surface area contributed by atoms with Gasteiger partial charge < -0.3 is 10.0 Å². The lowest BCUT2D eigenvalue weighted by Crippen LogP contribution is -2.22. The van der Waals surface area contributed by atoms with Gasteiger partial charge in [-0.15, -0.1) is 0 Å². The molecule has 2 aromatic carbocycles. The predicted molar refractivity (Wildman–Crippen MR) is 101 cm³/mol. The third-order valence-corrected chi connectivity index (χ3v) is 4.39. The monoisotopic (exact) mass is 374 g/mol. The van der Waals surface area contributed by atoms with Crippen molar-refractivity contribution in [2.45, 2.75) is 19.4 Å². The topological polar surface area (TPSA) is 35.8 Å². The summed E-state index contributed by atoms with van der Waals surface area (Å²) in [5.74, 6) is 0.241. The molecule has 122 valence electrons. The molecule has 0 aliphatic rings. The molecule has 2 rings (SSSR count). The molecule has 0 radical (unpaired) electrons. The third kappa shape index (κ3) is 4.91. The highest BCUT2D eigenvalue weighted by molar-refractivity contribution is 9.10. The highest BCUT2D eigenvalue weighted by Gasteiger charge is 2.13.